The molecule has 0 aliphatic carbocycles. The van der Waals surface area contributed by atoms with Crippen LogP contribution in [0, 0.1) is 0 Å². The number of amides is 1. The van der Waals surface area contributed by atoms with E-state index in [0.29, 0.717) is 30.3 Å². The zero-order valence-corrected chi connectivity index (χ0v) is 8.77. The first-order chi connectivity index (χ1) is 6.15. The molecule has 13 heavy (non-hydrogen) atoms. The van der Waals surface area contributed by atoms with Crippen molar-refractivity contribution >= 4 is 34.7 Å². The summed E-state index contributed by atoms with van der Waals surface area (Å²) >= 11 is 3.94. The van der Waals surface area contributed by atoms with E-state index in [-0.39, 0.29) is 5.91 Å². The molecule has 1 unspecified atom stereocenters. The van der Waals surface area contributed by atoms with Gasteiger partial charge >= 0.3 is 0 Å². The van der Waals surface area contributed by atoms with E-state index >= 15 is 0 Å². The second-order valence-corrected chi connectivity index (χ2v) is 5.14. The van der Waals surface area contributed by atoms with Crippen molar-refractivity contribution in [2.45, 2.75) is 6.42 Å². The minimum absolute atomic E-state index is 0.00810. The Morgan fingerprint density at radius 1 is 1.54 bits per heavy atom. The first kappa shape index (κ1) is 10.7. The Kier molecular flexibility index (Phi) is 3.92. The van der Waals surface area contributed by atoms with E-state index in [1.807, 2.05) is 0 Å². The molecule has 0 radical (unpaired) electrons. The number of rotatable bonds is 2. The Hall–Kier alpha value is -0.360. The summed E-state index contributed by atoms with van der Waals surface area (Å²) in [6.07, 6.45) is 0.382. The number of carboxylic acid groups (broad SMARTS) is 1. The standard InChI is InChI=1S/C7H11NO3S2/c9-6(1-3-12)8-2-4-13(5-8)7(10)11/h1-5H2,(H-,10,11,12). The average molecular weight is 221 g/mol. The molecule has 6 heteroatoms. The van der Waals surface area contributed by atoms with E-state index < -0.39 is 16.2 Å². The van der Waals surface area contributed by atoms with Crippen LogP contribution in [-0.2, 0) is 15.7 Å². The summed E-state index contributed by atoms with van der Waals surface area (Å²) in [5, 5.41) is 9.45. The van der Waals surface area contributed by atoms with Crippen molar-refractivity contribution in [2.24, 2.45) is 0 Å². The van der Waals surface area contributed by atoms with Crippen LogP contribution in [0.4, 0.5) is 4.79 Å². The molecule has 74 valence electrons. The van der Waals surface area contributed by atoms with Gasteiger partial charge in [0.15, 0.2) is 5.88 Å². The second kappa shape index (κ2) is 4.76. The Balaban J connectivity index is 2.40. The Labute approximate surface area is 85.0 Å². The molecule has 0 saturated carbocycles. The van der Waals surface area contributed by atoms with Crippen molar-refractivity contribution in [3.05, 3.63) is 0 Å². The van der Waals surface area contributed by atoms with Crippen LogP contribution < -0.4 is 5.11 Å². The normalized spacial score (nSPS) is 21.9. The molecule has 1 atom stereocenters. The molecule has 0 bridgehead atoms. The summed E-state index contributed by atoms with van der Waals surface area (Å²) in [6, 6.07) is 0. The first-order valence-corrected chi connectivity index (χ1v) is 6.12. The van der Waals surface area contributed by atoms with Gasteiger partial charge in [0.05, 0.1) is 17.4 Å². The number of hydrogen-bond donors (Lipinski definition) is 1. The minimum Gasteiger partial charge on any atom is -0.504 e. The minimum atomic E-state index is -1.03. The van der Waals surface area contributed by atoms with Crippen LogP contribution in [0.1, 0.15) is 6.42 Å². The summed E-state index contributed by atoms with van der Waals surface area (Å²) in [4.78, 5) is 23.3. The van der Waals surface area contributed by atoms with Crippen molar-refractivity contribution in [3.8, 4) is 0 Å². The molecule has 1 rings (SSSR count). The molecule has 1 heterocycles. The number of thiol groups is 1. The molecule has 0 aromatic carbocycles. The molecule has 0 N–H and O–H groups in total. The summed E-state index contributed by atoms with van der Waals surface area (Å²) in [5.74, 6) is 1.37. The Morgan fingerprint density at radius 3 is 2.69 bits per heavy atom. The smallest absolute Gasteiger partial charge is 0.275 e. The summed E-state index contributed by atoms with van der Waals surface area (Å²) in [7, 11) is -0.748. The van der Waals surface area contributed by atoms with Gasteiger partial charge in [0.1, 0.15) is 5.75 Å². The SMILES string of the molecule is O=C(CCS)N1CC[S+](C(=O)[O-])C1. The zero-order valence-electron chi connectivity index (χ0n) is 7.06. The molecule has 0 aromatic rings. The first-order valence-electron chi connectivity index (χ1n) is 3.92. The van der Waals surface area contributed by atoms with Gasteiger partial charge in [0.25, 0.3) is 5.30 Å². The maximum absolute atomic E-state index is 11.3. The fraction of sp³-hybridized carbons (Fsp3) is 0.714. The lowest BCUT2D eigenvalue weighted by Crippen LogP contribution is -2.34. The number of carbonyl (C=O) groups excluding carboxylic acids is 2. The van der Waals surface area contributed by atoms with Gasteiger partial charge in [-0.05, 0) is 5.75 Å². The predicted octanol–water partition coefficient (Wildman–Crippen LogP) is -0.932. The van der Waals surface area contributed by atoms with Gasteiger partial charge in [-0.2, -0.15) is 12.6 Å². The van der Waals surface area contributed by atoms with Crippen LogP contribution in [-0.4, -0.2) is 40.0 Å². The van der Waals surface area contributed by atoms with Gasteiger partial charge in [-0.25, -0.2) is 0 Å². The van der Waals surface area contributed by atoms with Crippen LogP contribution in [0.25, 0.3) is 0 Å². The number of hydrogen-bond acceptors (Lipinski definition) is 4. The molecule has 0 spiro atoms. The molecule has 1 saturated heterocycles. The number of nitrogens with zero attached hydrogens (tertiary/aromatic N) is 1. The summed E-state index contributed by atoms with van der Waals surface area (Å²) < 4.78 is 0. The molecule has 0 aromatic heterocycles. The lowest BCUT2D eigenvalue weighted by atomic mass is 10.4. The summed E-state index contributed by atoms with van der Waals surface area (Å²) in [6.45, 7) is 0.545. The van der Waals surface area contributed by atoms with E-state index in [4.69, 9.17) is 0 Å². The maximum Gasteiger partial charge on any atom is 0.275 e. The number of carbonyl (C=O) groups is 2. The lowest BCUT2D eigenvalue weighted by Gasteiger charge is -2.10. The van der Waals surface area contributed by atoms with Crippen LogP contribution >= 0.6 is 12.6 Å². The average Bonchev–Trinajstić information content (AvgIpc) is 2.52. The van der Waals surface area contributed by atoms with Gasteiger partial charge in [-0.1, -0.05) is 0 Å². The molecule has 4 nitrogen and oxygen atoms in total. The van der Waals surface area contributed by atoms with E-state index in [9.17, 15) is 14.7 Å². The third kappa shape index (κ3) is 2.80. The Bertz CT molecular complexity index is 222. The summed E-state index contributed by atoms with van der Waals surface area (Å²) in [5.41, 5.74) is 0. The largest absolute Gasteiger partial charge is 0.504 e. The van der Waals surface area contributed by atoms with Crippen LogP contribution in [0.2, 0.25) is 0 Å². The van der Waals surface area contributed by atoms with E-state index in [2.05, 4.69) is 12.6 Å². The van der Waals surface area contributed by atoms with Crippen LogP contribution in [0.15, 0.2) is 0 Å². The third-order valence-electron chi connectivity index (χ3n) is 1.83. The van der Waals surface area contributed by atoms with Gasteiger partial charge in [0.2, 0.25) is 5.91 Å². The van der Waals surface area contributed by atoms with Gasteiger partial charge in [-0.3, -0.25) is 9.69 Å². The highest BCUT2D eigenvalue weighted by Gasteiger charge is 2.34. The van der Waals surface area contributed by atoms with Crippen molar-refractivity contribution < 1.29 is 14.7 Å². The maximum atomic E-state index is 11.3. The monoisotopic (exact) mass is 221 g/mol. The van der Waals surface area contributed by atoms with E-state index in [1.54, 1.807) is 4.90 Å². The highest BCUT2D eigenvalue weighted by molar-refractivity contribution is 8.10. The fourth-order valence-corrected chi connectivity index (χ4v) is 2.81. The highest BCUT2D eigenvalue weighted by Crippen LogP contribution is 2.11. The lowest BCUT2D eigenvalue weighted by molar-refractivity contribution is -0.233. The third-order valence-corrected chi connectivity index (χ3v) is 3.83. The molecule has 1 aliphatic heterocycles. The highest BCUT2D eigenvalue weighted by atomic mass is 32.2. The molecular weight excluding hydrogens is 210 g/mol. The predicted molar refractivity (Wildman–Crippen MR) is 52.7 cm³/mol. The second-order valence-electron chi connectivity index (χ2n) is 2.71. The van der Waals surface area contributed by atoms with Gasteiger partial charge in [0, 0.05) is 6.42 Å². The molecule has 1 amide bonds. The zero-order chi connectivity index (χ0) is 9.84. The molecule has 1 fully saturated rings. The van der Waals surface area contributed by atoms with Crippen molar-refractivity contribution in [1.82, 2.24) is 4.90 Å². The van der Waals surface area contributed by atoms with E-state index in [0.717, 1.165) is 0 Å². The molecule has 1 aliphatic rings. The van der Waals surface area contributed by atoms with Crippen molar-refractivity contribution in [3.63, 3.8) is 0 Å². The van der Waals surface area contributed by atoms with Gasteiger partial charge in [-0.15, -0.1) is 0 Å². The quantitative estimate of drug-likeness (QED) is 0.484. The van der Waals surface area contributed by atoms with Crippen molar-refractivity contribution in [2.75, 3.05) is 23.9 Å². The Morgan fingerprint density at radius 2 is 2.23 bits per heavy atom. The van der Waals surface area contributed by atoms with Crippen molar-refractivity contribution in [1.29, 1.82) is 0 Å². The topological polar surface area (TPSA) is 60.4 Å². The van der Waals surface area contributed by atoms with Gasteiger partial charge < -0.3 is 9.90 Å². The van der Waals surface area contributed by atoms with Crippen LogP contribution in [0.3, 0.4) is 0 Å². The van der Waals surface area contributed by atoms with Crippen LogP contribution in [0.5, 0.6) is 0 Å². The van der Waals surface area contributed by atoms with E-state index in [1.165, 1.54) is 0 Å². The fourth-order valence-electron chi connectivity index (χ4n) is 1.12. The molecular formula is C7H11NO3S2.